The maximum Gasteiger partial charge on any atom is 0.414 e. The Balaban J connectivity index is 1.48. The number of ether oxygens (including phenoxy) is 5. The molecule has 1 atom stereocenters. The van der Waals surface area contributed by atoms with Gasteiger partial charge >= 0.3 is 6.09 Å². The summed E-state index contributed by atoms with van der Waals surface area (Å²) < 4.78 is 27.9. The molecular formula is C20H29NO6. The number of rotatable bonds is 7. The fourth-order valence-corrected chi connectivity index (χ4v) is 3.01. The minimum atomic E-state index is -0.606. The first kappa shape index (κ1) is 19.9. The third-order valence-corrected chi connectivity index (χ3v) is 4.74. The molecule has 7 heteroatoms. The van der Waals surface area contributed by atoms with Gasteiger partial charge in [0.1, 0.15) is 11.9 Å². The Morgan fingerprint density at radius 1 is 1.15 bits per heavy atom. The lowest BCUT2D eigenvalue weighted by Crippen LogP contribution is -2.46. The summed E-state index contributed by atoms with van der Waals surface area (Å²) in [6, 6.07) is 7.40. The van der Waals surface area contributed by atoms with Gasteiger partial charge in [-0.2, -0.15) is 0 Å². The van der Waals surface area contributed by atoms with E-state index in [9.17, 15) is 4.79 Å². The van der Waals surface area contributed by atoms with Crippen molar-refractivity contribution in [2.75, 3.05) is 45.0 Å². The first-order valence-electron chi connectivity index (χ1n) is 9.28. The van der Waals surface area contributed by atoms with Crippen LogP contribution in [0.1, 0.15) is 27.2 Å². The summed E-state index contributed by atoms with van der Waals surface area (Å²) >= 11 is 0. The van der Waals surface area contributed by atoms with E-state index in [1.165, 1.54) is 0 Å². The summed E-state index contributed by atoms with van der Waals surface area (Å²) in [4.78, 5) is 13.6. The maximum atomic E-state index is 12.0. The maximum absolute atomic E-state index is 12.0. The summed E-state index contributed by atoms with van der Waals surface area (Å²) in [5, 5.41) is 0. The van der Waals surface area contributed by atoms with Crippen LogP contribution in [0.2, 0.25) is 0 Å². The molecule has 2 saturated heterocycles. The molecule has 3 rings (SSSR count). The second-order valence-electron chi connectivity index (χ2n) is 8.04. The van der Waals surface area contributed by atoms with Gasteiger partial charge < -0.3 is 23.7 Å². The molecule has 0 unspecified atom stereocenters. The molecule has 2 aliphatic rings. The van der Waals surface area contributed by atoms with Gasteiger partial charge in [0, 0.05) is 24.6 Å². The SMILES string of the molecule is COC[C@H]1CN(c2ccc(OCCC3(C)OCC(C)(C)CO3)cc2)C(=O)O1. The molecule has 1 amide bonds. The zero-order valence-corrected chi connectivity index (χ0v) is 16.5. The van der Waals surface area contributed by atoms with Crippen molar-refractivity contribution in [3.8, 4) is 5.75 Å². The molecular weight excluding hydrogens is 350 g/mol. The van der Waals surface area contributed by atoms with E-state index in [4.69, 9.17) is 23.7 Å². The number of benzene rings is 1. The number of carbonyl (C=O) groups is 1. The molecule has 0 N–H and O–H groups in total. The molecule has 2 heterocycles. The zero-order chi connectivity index (χ0) is 19.5. The van der Waals surface area contributed by atoms with Gasteiger partial charge in [0.25, 0.3) is 0 Å². The van der Waals surface area contributed by atoms with Gasteiger partial charge in [0.15, 0.2) is 5.79 Å². The lowest BCUT2D eigenvalue weighted by molar-refractivity contribution is -0.293. The number of carbonyl (C=O) groups excluding carboxylic acids is 1. The van der Waals surface area contributed by atoms with Crippen molar-refractivity contribution in [1.82, 2.24) is 0 Å². The van der Waals surface area contributed by atoms with Gasteiger partial charge in [-0.05, 0) is 31.2 Å². The van der Waals surface area contributed by atoms with E-state index < -0.39 is 5.79 Å². The normalized spacial score (nSPS) is 23.9. The number of nitrogens with zero attached hydrogens (tertiary/aromatic N) is 1. The number of amides is 1. The smallest absolute Gasteiger partial charge is 0.414 e. The topological polar surface area (TPSA) is 66.5 Å². The molecule has 1 aromatic carbocycles. The van der Waals surface area contributed by atoms with E-state index in [1.807, 2.05) is 31.2 Å². The van der Waals surface area contributed by atoms with Gasteiger partial charge in [-0.15, -0.1) is 0 Å². The van der Waals surface area contributed by atoms with Gasteiger partial charge in [-0.25, -0.2) is 4.79 Å². The van der Waals surface area contributed by atoms with Crippen LogP contribution in [0, 0.1) is 5.41 Å². The van der Waals surface area contributed by atoms with Crippen LogP contribution in [0.5, 0.6) is 5.75 Å². The van der Waals surface area contributed by atoms with E-state index in [2.05, 4.69) is 13.8 Å². The van der Waals surface area contributed by atoms with Crippen LogP contribution in [0.3, 0.4) is 0 Å². The predicted molar refractivity (Wildman–Crippen MR) is 100 cm³/mol. The number of hydrogen-bond donors (Lipinski definition) is 0. The van der Waals surface area contributed by atoms with E-state index >= 15 is 0 Å². The highest BCUT2D eigenvalue weighted by Crippen LogP contribution is 2.31. The monoisotopic (exact) mass is 379 g/mol. The molecule has 0 aliphatic carbocycles. The number of methoxy groups -OCH3 is 1. The Kier molecular flexibility index (Phi) is 5.93. The van der Waals surface area contributed by atoms with Crippen molar-refractivity contribution in [1.29, 1.82) is 0 Å². The number of anilines is 1. The molecule has 0 radical (unpaired) electrons. The van der Waals surface area contributed by atoms with Crippen LogP contribution in [0.4, 0.5) is 10.5 Å². The van der Waals surface area contributed by atoms with Crippen molar-refractivity contribution in [2.24, 2.45) is 5.41 Å². The second-order valence-corrected chi connectivity index (χ2v) is 8.04. The minimum absolute atomic E-state index is 0.0508. The third-order valence-electron chi connectivity index (χ3n) is 4.74. The molecule has 0 aromatic heterocycles. The average molecular weight is 379 g/mol. The predicted octanol–water partition coefficient (Wildman–Crippen LogP) is 3.22. The standard InChI is InChI=1S/C20H29NO6/c1-19(2)13-25-20(3,26-14-19)9-10-24-16-7-5-15(6-8-16)21-11-17(12-23-4)27-18(21)22/h5-8,17H,9-14H2,1-4H3/t17-/m1/s1. The molecule has 0 saturated carbocycles. The van der Waals surface area contributed by atoms with Crippen molar-refractivity contribution < 1.29 is 28.5 Å². The van der Waals surface area contributed by atoms with E-state index in [0.29, 0.717) is 39.4 Å². The third kappa shape index (κ3) is 5.12. The van der Waals surface area contributed by atoms with Crippen LogP contribution in [-0.4, -0.2) is 58.1 Å². The molecule has 1 aromatic rings. The second kappa shape index (κ2) is 8.04. The van der Waals surface area contributed by atoms with Crippen molar-refractivity contribution in [3.63, 3.8) is 0 Å². The fourth-order valence-electron chi connectivity index (χ4n) is 3.01. The Hall–Kier alpha value is -1.83. The largest absolute Gasteiger partial charge is 0.493 e. The molecule has 27 heavy (non-hydrogen) atoms. The quantitative estimate of drug-likeness (QED) is 0.725. The van der Waals surface area contributed by atoms with Crippen molar-refractivity contribution >= 4 is 11.8 Å². The van der Waals surface area contributed by atoms with Gasteiger partial charge in [-0.3, -0.25) is 4.90 Å². The van der Waals surface area contributed by atoms with Crippen molar-refractivity contribution in [2.45, 2.75) is 39.1 Å². The molecule has 0 spiro atoms. The Bertz CT molecular complexity index is 634. The zero-order valence-electron chi connectivity index (χ0n) is 16.5. The van der Waals surface area contributed by atoms with Crippen molar-refractivity contribution in [3.05, 3.63) is 24.3 Å². The minimum Gasteiger partial charge on any atom is -0.493 e. The highest BCUT2D eigenvalue weighted by molar-refractivity contribution is 5.89. The number of cyclic esters (lactones) is 1. The van der Waals surface area contributed by atoms with Crippen LogP contribution in [0.25, 0.3) is 0 Å². The van der Waals surface area contributed by atoms with Crippen LogP contribution < -0.4 is 9.64 Å². The molecule has 2 fully saturated rings. The Morgan fingerprint density at radius 2 is 1.81 bits per heavy atom. The summed E-state index contributed by atoms with van der Waals surface area (Å²) in [5.41, 5.74) is 0.828. The first-order chi connectivity index (χ1) is 12.8. The highest BCUT2D eigenvalue weighted by Gasteiger charge is 2.36. The number of hydrogen-bond acceptors (Lipinski definition) is 6. The lowest BCUT2D eigenvalue weighted by atomic mass is 9.94. The van der Waals surface area contributed by atoms with Crippen LogP contribution >= 0.6 is 0 Å². The van der Waals surface area contributed by atoms with Crippen LogP contribution in [0.15, 0.2) is 24.3 Å². The average Bonchev–Trinajstić information content (AvgIpc) is 2.99. The lowest BCUT2D eigenvalue weighted by Gasteiger charge is -2.41. The van der Waals surface area contributed by atoms with Crippen LogP contribution in [-0.2, 0) is 18.9 Å². The van der Waals surface area contributed by atoms with Gasteiger partial charge in [0.2, 0.25) is 0 Å². The first-order valence-corrected chi connectivity index (χ1v) is 9.28. The molecule has 150 valence electrons. The van der Waals surface area contributed by atoms with E-state index in [0.717, 1.165) is 11.4 Å². The fraction of sp³-hybridized carbons (Fsp3) is 0.650. The van der Waals surface area contributed by atoms with E-state index in [1.54, 1.807) is 12.0 Å². The summed E-state index contributed by atoms with van der Waals surface area (Å²) in [6.07, 6.45) is 0.0509. The Labute approximate surface area is 160 Å². The highest BCUT2D eigenvalue weighted by atomic mass is 16.7. The summed E-state index contributed by atoms with van der Waals surface area (Å²) in [6.45, 7) is 8.90. The molecule has 7 nitrogen and oxygen atoms in total. The van der Waals surface area contributed by atoms with Gasteiger partial charge in [0.05, 0.1) is 33.0 Å². The summed E-state index contributed by atoms with van der Waals surface area (Å²) in [7, 11) is 1.59. The van der Waals surface area contributed by atoms with Gasteiger partial charge in [-0.1, -0.05) is 13.8 Å². The molecule has 0 bridgehead atoms. The van der Waals surface area contributed by atoms with E-state index in [-0.39, 0.29) is 17.6 Å². The Morgan fingerprint density at radius 3 is 2.44 bits per heavy atom. The molecule has 2 aliphatic heterocycles. The summed E-state index contributed by atoms with van der Waals surface area (Å²) in [5.74, 6) is 0.130.